The van der Waals surface area contributed by atoms with Gasteiger partial charge < -0.3 is 44.0 Å². The van der Waals surface area contributed by atoms with Crippen LogP contribution in [0.25, 0.3) is 0 Å². The normalized spacial score (nSPS) is 13.1. The Kier molecular flexibility index (Phi) is 16.2. The number of aryl methyl sites for hydroxylation is 2. The fourth-order valence-corrected chi connectivity index (χ4v) is 5.47. The van der Waals surface area contributed by atoms with Gasteiger partial charge in [0.1, 0.15) is 57.1 Å². The SMILES string of the molecule is [B]c1c([B])c([B])c(C([B])([B])CNC(=O)[C@H](CCCCN)NC(=O)[C@H](Cc2c(C)cc(O)cc2C)NC(=O)[C@H](N)CCCN=C(N)N)c([B])c1[B]. The first-order chi connectivity index (χ1) is 23.3. The molecule has 0 aliphatic carbocycles. The number of carbonyl (C=O) groups excluding carboxylic acids is 3. The number of rotatable bonds is 18. The van der Waals surface area contributed by atoms with Crippen molar-refractivity contribution in [2.45, 2.75) is 75.7 Å². The number of nitrogens with zero attached hydrogens (tertiary/aromatic N) is 1. The molecule has 19 heteroatoms. The zero-order chi connectivity index (χ0) is 37.9. The number of guanidine groups is 1. The largest absolute Gasteiger partial charge is 0.508 e. The molecule has 2 aromatic carbocycles. The van der Waals surface area contributed by atoms with Gasteiger partial charge in [0.25, 0.3) is 0 Å². The molecule has 0 spiro atoms. The Morgan fingerprint density at radius 3 is 1.90 bits per heavy atom. The summed E-state index contributed by atoms with van der Waals surface area (Å²) in [6, 6.07) is -0.155. The molecule has 3 amide bonds. The van der Waals surface area contributed by atoms with Crippen molar-refractivity contribution in [3.05, 3.63) is 34.4 Å². The van der Waals surface area contributed by atoms with Crippen LogP contribution in [-0.4, -0.2) is 121 Å². The third-order valence-corrected chi connectivity index (χ3v) is 8.33. The van der Waals surface area contributed by atoms with Gasteiger partial charge in [-0.3, -0.25) is 19.4 Å². The summed E-state index contributed by atoms with van der Waals surface area (Å²) in [6.45, 7) is 3.77. The number of phenolic OH excluding ortho intramolecular Hbond substituents is 1. The highest BCUT2D eigenvalue weighted by molar-refractivity contribution is 6.68. The zero-order valence-electron chi connectivity index (χ0n) is 28.7. The zero-order valence-corrected chi connectivity index (χ0v) is 28.7. The van der Waals surface area contributed by atoms with Crippen molar-refractivity contribution in [1.29, 1.82) is 0 Å². The van der Waals surface area contributed by atoms with Crippen LogP contribution in [0.5, 0.6) is 5.75 Å². The Labute approximate surface area is 304 Å². The van der Waals surface area contributed by atoms with E-state index in [0.717, 1.165) is 0 Å². The second kappa shape index (κ2) is 19.1. The lowest BCUT2D eigenvalue weighted by Crippen LogP contribution is -2.61. The number of carbonyl (C=O) groups is 3. The van der Waals surface area contributed by atoms with Crippen molar-refractivity contribution in [3.63, 3.8) is 0 Å². The summed E-state index contributed by atoms with van der Waals surface area (Å²) in [6.07, 6.45) is 1.91. The summed E-state index contributed by atoms with van der Waals surface area (Å²) in [7, 11) is 42.8. The summed E-state index contributed by atoms with van der Waals surface area (Å²) in [5, 5.41) is 16.3. The van der Waals surface area contributed by atoms with Crippen LogP contribution in [0.3, 0.4) is 0 Å². The second-order valence-electron chi connectivity index (χ2n) is 12.4. The average molecular weight is 665 g/mol. The number of unbranched alkanes of at least 4 members (excludes halogenated alkanes) is 1. The van der Waals surface area contributed by atoms with Gasteiger partial charge in [-0.2, -0.15) is 0 Å². The molecule has 0 fully saturated rings. The van der Waals surface area contributed by atoms with Crippen LogP contribution in [0.15, 0.2) is 17.1 Å². The number of amides is 3. The first-order valence-corrected chi connectivity index (χ1v) is 16.1. The summed E-state index contributed by atoms with van der Waals surface area (Å²) in [5.41, 5.74) is 24.3. The van der Waals surface area contributed by atoms with E-state index in [0.29, 0.717) is 42.5 Å². The molecule has 0 bridgehead atoms. The molecule has 0 aliphatic rings. The fraction of sp³-hybridized carbons (Fsp3) is 0.484. The lowest BCUT2D eigenvalue weighted by molar-refractivity contribution is -0.132. The van der Waals surface area contributed by atoms with Crippen LogP contribution >= 0.6 is 0 Å². The molecule has 0 unspecified atom stereocenters. The van der Waals surface area contributed by atoms with E-state index in [4.69, 9.17) is 77.9 Å². The maximum Gasteiger partial charge on any atom is 0.243 e. The topological polar surface area (TPSA) is 224 Å². The number of phenols is 1. The Hall–Kier alpha value is -3.71. The number of benzene rings is 2. The Balaban J connectivity index is 2.35. The van der Waals surface area contributed by atoms with Crippen LogP contribution in [0.1, 0.15) is 54.4 Å². The molecule has 2 aromatic rings. The second-order valence-corrected chi connectivity index (χ2v) is 12.4. The molecule has 14 radical (unpaired) electrons. The first kappa shape index (κ1) is 42.5. The molecular weight excluding hydrogens is 624 g/mol. The lowest BCUT2D eigenvalue weighted by atomic mass is 9.45. The molecule has 3 atom stereocenters. The van der Waals surface area contributed by atoms with Gasteiger partial charge in [-0.25, -0.2) is 0 Å². The first-order valence-electron chi connectivity index (χ1n) is 16.1. The molecule has 0 aliphatic heterocycles. The highest BCUT2D eigenvalue weighted by Crippen LogP contribution is 2.22. The van der Waals surface area contributed by atoms with E-state index in [9.17, 15) is 19.5 Å². The van der Waals surface area contributed by atoms with Crippen LogP contribution in [0.4, 0.5) is 0 Å². The van der Waals surface area contributed by atoms with Crippen molar-refractivity contribution < 1.29 is 19.5 Å². The predicted molar refractivity (Wildman–Crippen MR) is 206 cm³/mol. The minimum absolute atomic E-state index is 0.0113. The van der Waals surface area contributed by atoms with Gasteiger partial charge >= 0.3 is 0 Å². The van der Waals surface area contributed by atoms with Crippen molar-refractivity contribution in [2.24, 2.45) is 27.9 Å². The lowest BCUT2D eigenvalue weighted by Gasteiger charge is -2.35. The fourth-order valence-electron chi connectivity index (χ4n) is 5.47. The van der Waals surface area contributed by atoms with Crippen molar-refractivity contribution >= 4 is 106 Å². The number of nitrogens with two attached hydrogens (primary N) is 4. The summed E-state index contributed by atoms with van der Waals surface area (Å²) >= 11 is 0. The predicted octanol–water partition coefficient (Wildman–Crippen LogP) is -6.69. The van der Waals surface area contributed by atoms with E-state index in [1.807, 2.05) is 0 Å². The molecule has 0 aromatic heterocycles. The third kappa shape index (κ3) is 11.7. The minimum Gasteiger partial charge on any atom is -0.508 e. The van der Waals surface area contributed by atoms with Gasteiger partial charge in [-0.15, -0.1) is 27.3 Å². The van der Waals surface area contributed by atoms with E-state index < -0.39 is 47.6 Å². The van der Waals surface area contributed by atoms with Crippen molar-refractivity contribution in [3.8, 4) is 5.75 Å². The van der Waals surface area contributed by atoms with E-state index in [2.05, 4.69) is 20.9 Å². The number of aliphatic imine (C=N–C) groups is 1. The van der Waals surface area contributed by atoms with Crippen molar-refractivity contribution in [2.75, 3.05) is 19.6 Å². The van der Waals surface area contributed by atoms with E-state index in [-0.39, 0.29) is 70.4 Å². The van der Waals surface area contributed by atoms with Crippen LogP contribution in [-0.2, 0) is 26.0 Å². The van der Waals surface area contributed by atoms with E-state index in [1.165, 1.54) is 0 Å². The standard InChI is InChI=1S/C31H41B7N8O4/c1-14-10-16(47)11-15(2)17(14)12-20(46-27(48)18(40)6-5-9-43-30(41)42)29(50)45-19(7-3-4-8-39)28(49)44-13-31(37,38)21-22(32)24(34)26(36)25(35)23(21)33/h10-11,18-20,47H,3-9,12-13,39-40H2,1-2H3,(H,44,49)(H,45,50)(H,46,48)(H4,41,42,43)/t18-,19+,20+/m1/s1. The van der Waals surface area contributed by atoms with Gasteiger partial charge in [-0.1, -0.05) is 10.8 Å². The molecule has 50 heavy (non-hydrogen) atoms. The number of hydrogen-bond acceptors (Lipinski definition) is 7. The number of aromatic hydroxyl groups is 1. The minimum atomic E-state index is -1.85. The highest BCUT2D eigenvalue weighted by atomic mass is 16.3. The summed E-state index contributed by atoms with van der Waals surface area (Å²) in [5.74, 6) is -1.92. The number of hydrogen-bond donors (Lipinski definition) is 8. The highest BCUT2D eigenvalue weighted by Gasteiger charge is 2.31. The Morgan fingerprint density at radius 1 is 0.820 bits per heavy atom. The average Bonchev–Trinajstić information content (AvgIpc) is 3.03. The summed E-state index contributed by atoms with van der Waals surface area (Å²) in [4.78, 5) is 44.6. The molecule has 12 N–H and O–H groups in total. The third-order valence-electron chi connectivity index (χ3n) is 8.33. The van der Waals surface area contributed by atoms with E-state index in [1.54, 1.807) is 26.0 Å². The Morgan fingerprint density at radius 2 is 1.36 bits per heavy atom. The molecule has 0 heterocycles. The number of nitrogens with one attached hydrogen (secondary N) is 3. The molecule has 12 nitrogen and oxygen atoms in total. The maximum absolute atomic E-state index is 13.9. The molecule has 2 rings (SSSR count). The molecule has 250 valence electrons. The summed E-state index contributed by atoms with van der Waals surface area (Å²) < 4.78 is 0. The van der Waals surface area contributed by atoms with Crippen LogP contribution < -0.4 is 66.2 Å². The smallest absolute Gasteiger partial charge is 0.243 e. The molecular formula is C31H41B7N8O4. The monoisotopic (exact) mass is 666 g/mol. The van der Waals surface area contributed by atoms with Crippen LogP contribution in [0.2, 0.25) is 0 Å². The van der Waals surface area contributed by atoms with Gasteiger partial charge in [-0.05, 0) is 81.3 Å². The van der Waals surface area contributed by atoms with E-state index >= 15 is 0 Å². The van der Waals surface area contributed by atoms with Gasteiger partial charge in [0, 0.05) is 19.5 Å². The molecule has 0 saturated carbocycles. The van der Waals surface area contributed by atoms with Gasteiger partial charge in [0.05, 0.1) is 21.7 Å². The maximum atomic E-state index is 13.9. The van der Waals surface area contributed by atoms with Crippen molar-refractivity contribution in [1.82, 2.24) is 16.0 Å². The van der Waals surface area contributed by atoms with Crippen LogP contribution in [0, 0.1) is 13.8 Å². The molecule has 0 saturated heterocycles. The van der Waals surface area contributed by atoms with Gasteiger partial charge in [0.15, 0.2) is 5.96 Å². The van der Waals surface area contributed by atoms with Gasteiger partial charge in [0.2, 0.25) is 17.7 Å². The Bertz CT molecular complexity index is 1520. The quantitative estimate of drug-likeness (QED) is 0.0330.